The molecule has 0 heterocycles. The van der Waals surface area contributed by atoms with E-state index >= 15 is 0 Å². The Morgan fingerprint density at radius 2 is 0.704 bits per heavy atom. The Morgan fingerprint density at radius 1 is 0.383 bits per heavy atom. The van der Waals surface area contributed by atoms with Crippen LogP contribution >= 0.6 is 0 Å². The number of carbonyl (C=O) groups excluding carboxylic acids is 2. The van der Waals surface area contributed by atoms with Gasteiger partial charge in [0, 0.05) is 12.8 Å². The first-order chi connectivity index (χ1) is 39.6. The van der Waals surface area contributed by atoms with Crippen molar-refractivity contribution in [1.29, 1.82) is 0 Å². The monoisotopic (exact) mass is 1130 g/mol. The maximum atomic E-state index is 12.9. The van der Waals surface area contributed by atoms with Gasteiger partial charge in [-0.25, -0.2) is 4.79 Å². The van der Waals surface area contributed by atoms with E-state index in [-0.39, 0.29) is 32.2 Å². The molecule has 0 amide bonds. The predicted octanol–water partition coefficient (Wildman–Crippen LogP) is 20.2. The topological polar surface area (TPSA) is 108 Å². The Morgan fingerprint density at radius 3 is 1.05 bits per heavy atom. The summed E-state index contributed by atoms with van der Waals surface area (Å²) in [4.78, 5) is 37.6. The zero-order valence-electron chi connectivity index (χ0n) is 52.9. The molecule has 0 radical (unpaired) electrons. The highest BCUT2D eigenvalue weighted by Gasteiger charge is 2.25. The molecule has 0 aromatic heterocycles. The Kier molecular flexibility index (Phi) is 58.9. The Bertz CT molecular complexity index is 1700. The SMILES string of the molecule is CC/C=C\C/C=C\C/C=C\C/C=C\C/C=C\C/C=C\C/C=C\CCCCCCCCCC(=O)OC(COC(=O)CCCCCCCCCCCCCCCCC/C=C\C/C=C\CCCCCCC)COC(OCC[N+](C)(C)C)C(=O)O. The second kappa shape index (κ2) is 62.0. The number of allylic oxidation sites excluding steroid dienone is 18. The lowest BCUT2D eigenvalue weighted by molar-refractivity contribution is -0.870. The van der Waals surface area contributed by atoms with Crippen molar-refractivity contribution < 1.29 is 42.9 Å². The summed E-state index contributed by atoms with van der Waals surface area (Å²) < 4.78 is 22.9. The first-order valence-electron chi connectivity index (χ1n) is 33.1. The molecular weight excluding hydrogens is 1010 g/mol. The number of aliphatic carboxylic acids is 1. The number of carboxylic acid groups (broad SMARTS) is 1. The number of hydrogen-bond acceptors (Lipinski definition) is 7. The number of quaternary nitrogens is 1. The van der Waals surface area contributed by atoms with E-state index < -0.39 is 24.3 Å². The molecule has 81 heavy (non-hydrogen) atoms. The van der Waals surface area contributed by atoms with Gasteiger partial charge in [-0.2, -0.15) is 0 Å². The van der Waals surface area contributed by atoms with Gasteiger partial charge in [-0.15, -0.1) is 0 Å². The molecule has 1 N–H and O–H groups in total. The fraction of sp³-hybridized carbons (Fsp3) is 0.708. The summed E-state index contributed by atoms with van der Waals surface area (Å²) >= 11 is 0. The van der Waals surface area contributed by atoms with E-state index in [0.29, 0.717) is 23.9 Å². The van der Waals surface area contributed by atoms with Crippen LogP contribution in [0.25, 0.3) is 0 Å². The summed E-state index contributed by atoms with van der Waals surface area (Å²) in [6.45, 7) is 4.75. The van der Waals surface area contributed by atoms with E-state index in [9.17, 15) is 19.5 Å². The van der Waals surface area contributed by atoms with Crippen molar-refractivity contribution in [2.24, 2.45) is 0 Å². The van der Waals surface area contributed by atoms with Crippen molar-refractivity contribution in [3.05, 3.63) is 109 Å². The fourth-order valence-electron chi connectivity index (χ4n) is 8.97. The third-order valence-electron chi connectivity index (χ3n) is 14.0. The Labute approximate surface area is 498 Å². The molecule has 0 saturated heterocycles. The third kappa shape index (κ3) is 63.4. The van der Waals surface area contributed by atoms with Crippen LogP contribution in [-0.4, -0.2) is 87.4 Å². The summed E-state index contributed by atoms with van der Waals surface area (Å²) in [6, 6.07) is 0. The molecule has 0 fully saturated rings. The van der Waals surface area contributed by atoms with Gasteiger partial charge < -0.3 is 28.5 Å². The molecule has 0 saturated carbocycles. The molecule has 0 spiro atoms. The van der Waals surface area contributed by atoms with Gasteiger partial charge in [0.2, 0.25) is 0 Å². The summed E-state index contributed by atoms with van der Waals surface area (Å²) in [5.74, 6) is -2.02. The molecule has 0 bridgehead atoms. The second-order valence-electron chi connectivity index (χ2n) is 23.0. The molecule has 0 aromatic carbocycles. The lowest BCUT2D eigenvalue weighted by Gasteiger charge is -2.25. The Hall–Kier alpha value is -4.05. The maximum Gasteiger partial charge on any atom is 0.361 e. The van der Waals surface area contributed by atoms with Crippen LogP contribution in [0.1, 0.15) is 271 Å². The van der Waals surface area contributed by atoms with Gasteiger partial charge in [-0.05, 0) is 103 Å². The van der Waals surface area contributed by atoms with Crippen LogP contribution in [0.2, 0.25) is 0 Å². The van der Waals surface area contributed by atoms with Crippen molar-refractivity contribution >= 4 is 17.9 Å². The molecule has 0 aliphatic rings. The highest BCUT2D eigenvalue weighted by Crippen LogP contribution is 2.16. The van der Waals surface area contributed by atoms with Gasteiger partial charge in [0.15, 0.2) is 6.10 Å². The number of nitrogens with zero attached hydrogens (tertiary/aromatic N) is 1. The molecular formula is C72H124NO8+. The van der Waals surface area contributed by atoms with Gasteiger partial charge in [0.05, 0.1) is 34.4 Å². The van der Waals surface area contributed by atoms with Gasteiger partial charge in [-0.1, -0.05) is 264 Å². The molecule has 0 aromatic rings. The summed E-state index contributed by atoms with van der Waals surface area (Å²) in [5, 5.41) is 9.74. The number of carboxylic acids is 1. The highest BCUT2D eigenvalue weighted by molar-refractivity contribution is 5.71. The largest absolute Gasteiger partial charge is 0.477 e. The molecule has 0 aliphatic heterocycles. The van der Waals surface area contributed by atoms with Crippen LogP contribution < -0.4 is 0 Å². The molecule has 2 unspecified atom stereocenters. The quantitative estimate of drug-likeness (QED) is 0.0211. The van der Waals surface area contributed by atoms with E-state index in [1.165, 1.54) is 141 Å². The van der Waals surface area contributed by atoms with Crippen molar-refractivity contribution in [2.75, 3.05) is 47.5 Å². The minimum atomic E-state index is -1.52. The Balaban J connectivity index is 4.21. The molecule has 464 valence electrons. The van der Waals surface area contributed by atoms with Gasteiger partial charge >= 0.3 is 17.9 Å². The van der Waals surface area contributed by atoms with E-state index in [2.05, 4.69) is 123 Å². The minimum absolute atomic E-state index is 0.180. The average Bonchev–Trinajstić information content (AvgIpc) is 3.44. The van der Waals surface area contributed by atoms with Crippen LogP contribution in [0, 0.1) is 0 Å². The van der Waals surface area contributed by atoms with Crippen molar-refractivity contribution in [1.82, 2.24) is 0 Å². The van der Waals surface area contributed by atoms with Crippen LogP contribution in [0.5, 0.6) is 0 Å². The smallest absolute Gasteiger partial charge is 0.361 e. The maximum absolute atomic E-state index is 12.9. The minimum Gasteiger partial charge on any atom is -0.477 e. The molecule has 2 atom stereocenters. The number of ether oxygens (including phenoxy) is 4. The van der Waals surface area contributed by atoms with Crippen molar-refractivity contribution in [2.45, 2.75) is 283 Å². The highest BCUT2D eigenvalue weighted by atomic mass is 16.7. The van der Waals surface area contributed by atoms with Gasteiger partial charge in [-0.3, -0.25) is 9.59 Å². The summed E-state index contributed by atoms with van der Waals surface area (Å²) in [6.07, 6.45) is 83.2. The normalized spacial score (nSPS) is 13.4. The zero-order valence-corrected chi connectivity index (χ0v) is 52.9. The standard InChI is InChI=1S/C72H123NO8/c1-6-8-10-12-14-16-18-20-22-24-26-28-30-32-34-35-37-39-41-43-45-47-49-51-53-55-57-59-61-63-70(75)81-68(67-80-72(71(76)77)78-65-64-73(3,4)5)66-79-69(74)62-60-58-56-54-52-50-48-46-44-42-40-38-36-33-31-29-27-25-23-21-19-17-15-13-11-9-7-2/h8,10,14,16,19-22,25-28,32,34,37,39,43,45,68,72H,6-7,9,11-13,15,17-18,23-24,29-31,33,35-36,38,40-42,44,46-67H2,1-5H3/p+1/b10-8-,16-14-,21-19-,22-20-,27-25-,28-26-,34-32-,39-37-,45-43-. The van der Waals surface area contributed by atoms with E-state index in [4.69, 9.17) is 18.9 Å². The first kappa shape index (κ1) is 77.0. The van der Waals surface area contributed by atoms with Gasteiger partial charge in [0.1, 0.15) is 13.2 Å². The molecule has 0 aliphatic carbocycles. The number of unbranched alkanes of at least 4 members (excludes halogenated alkanes) is 27. The third-order valence-corrected chi connectivity index (χ3v) is 14.0. The second-order valence-corrected chi connectivity index (χ2v) is 23.0. The number of hydrogen-bond donors (Lipinski definition) is 1. The average molecular weight is 1130 g/mol. The van der Waals surface area contributed by atoms with Crippen LogP contribution in [0.15, 0.2) is 109 Å². The molecule has 9 nitrogen and oxygen atoms in total. The van der Waals surface area contributed by atoms with Crippen LogP contribution in [0.3, 0.4) is 0 Å². The van der Waals surface area contributed by atoms with E-state index in [1.807, 2.05) is 21.1 Å². The zero-order chi connectivity index (χ0) is 59.1. The number of esters is 2. The number of carbonyl (C=O) groups is 3. The van der Waals surface area contributed by atoms with Gasteiger partial charge in [0.25, 0.3) is 6.29 Å². The van der Waals surface area contributed by atoms with Crippen molar-refractivity contribution in [3.63, 3.8) is 0 Å². The fourth-order valence-corrected chi connectivity index (χ4v) is 8.97. The molecule has 0 rings (SSSR count). The lowest BCUT2D eigenvalue weighted by Crippen LogP contribution is -2.40. The predicted molar refractivity (Wildman–Crippen MR) is 345 cm³/mol. The molecule has 9 heteroatoms. The summed E-state index contributed by atoms with van der Waals surface area (Å²) in [5.41, 5.74) is 0. The number of likely N-dealkylation sites (N-methyl/N-ethyl adjacent to an activating group) is 1. The lowest BCUT2D eigenvalue weighted by atomic mass is 10.0. The van der Waals surface area contributed by atoms with Crippen molar-refractivity contribution in [3.8, 4) is 0 Å². The van der Waals surface area contributed by atoms with E-state index in [1.54, 1.807) is 0 Å². The number of rotatable bonds is 60. The van der Waals surface area contributed by atoms with Crippen LogP contribution in [-0.2, 0) is 33.3 Å². The van der Waals surface area contributed by atoms with Crippen LogP contribution in [0.4, 0.5) is 0 Å². The summed E-state index contributed by atoms with van der Waals surface area (Å²) in [7, 11) is 5.97. The van der Waals surface area contributed by atoms with E-state index in [0.717, 1.165) is 96.3 Å². The first-order valence-corrected chi connectivity index (χ1v) is 33.1.